The summed E-state index contributed by atoms with van der Waals surface area (Å²) in [6, 6.07) is 4.11. The Kier molecular flexibility index (Phi) is 5.43. The number of hydrogen-bond acceptors (Lipinski definition) is 3. The number of aryl methyl sites for hydroxylation is 1. The van der Waals surface area contributed by atoms with E-state index in [4.69, 9.17) is 0 Å². The van der Waals surface area contributed by atoms with E-state index in [1.807, 2.05) is 19.3 Å². The summed E-state index contributed by atoms with van der Waals surface area (Å²) < 4.78 is 0. The van der Waals surface area contributed by atoms with Crippen molar-refractivity contribution >= 4 is 0 Å². The minimum absolute atomic E-state index is 0.666. The molecule has 90 valence electrons. The van der Waals surface area contributed by atoms with E-state index in [0.29, 0.717) is 5.92 Å². The molecule has 0 amide bonds. The number of rotatable bonds is 6. The SMILES string of the molecule is CNCC(C)CN(C)Cc1ncccc1C. The molecule has 1 aromatic rings. The zero-order valence-corrected chi connectivity index (χ0v) is 10.8. The fourth-order valence-corrected chi connectivity index (χ4v) is 1.95. The van der Waals surface area contributed by atoms with E-state index in [9.17, 15) is 0 Å². The highest BCUT2D eigenvalue weighted by molar-refractivity contribution is 5.17. The van der Waals surface area contributed by atoms with Crippen LogP contribution < -0.4 is 5.32 Å². The maximum atomic E-state index is 4.41. The van der Waals surface area contributed by atoms with Crippen molar-refractivity contribution in [3.05, 3.63) is 29.6 Å². The van der Waals surface area contributed by atoms with Gasteiger partial charge in [0.15, 0.2) is 0 Å². The summed E-state index contributed by atoms with van der Waals surface area (Å²) >= 11 is 0. The molecule has 1 aromatic heterocycles. The predicted molar refractivity (Wildman–Crippen MR) is 68.4 cm³/mol. The summed E-state index contributed by atoms with van der Waals surface area (Å²) in [5, 5.41) is 3.21. The lowest BCUT2D eigenvalue weighted by atomic mass is 10.1. The largest absolute Gasteiger partial charge is 0.319 e. The van der Waals surface area contributed by atoms with Crippen molar-refractivity contribution in [3.63, 3.8) is 0 Å². The first-order chi connectivity index (χ1) is 7.63. The molecule has 0 radical (unpaired) electrons. The van der Waals surface area contributed by atoms with Crippen molar-refractivity contribution in [2.45, 2.75) is 20.4 Å². The fourth-order valence-electron chi connectivity index (χ4n) is 1.95. The van der Waals surface area contributed by atoms with Gasteiger partial charge in [-0.15, -0.1) is 0 Å². The van der Waals surface area contributed by atoms with Crippen LogP contribution >= 0.6 is 0 Å². The van der Waals surface area contributed by atoms with Gasteiger partial charge in [0.1, 0.15) is 0 Å². The van der Waals surface area contributed by atoms with Gasteiger partial charge in [0.25, 0.3) is 0 Å². The first kappa shape index (κ1) is 13.1. The molecule has 3 heteroatoms. The molecule has 3 nitrogen and oxygen atoms in total. The molecule has 0 aliphatic rings. The Morgan fingerprint density at radius 2 is 2.25 bits per heavy atom. The van der Waals surface area contributed by atoms with Gasteiger partial charge in [-0.25, -0.2) is 0 Å². The number of nitrogens with one attached hydrogen (secondary N) is 1. The normalized spacial score (nSPS) is 13.1. The summed E-state index contributed by atoms with van der Waals surface area (Å²) in [6.45, 7) is 7.47. The van der Waals surface area contributed by atoms with Crippen LogP contribution in [0.2, 0.25) is 0 Å². The van der Waals surface area contributed by atoms with Crippen LogP contribution in [0.25, 0.3) is 0 Å². The number of hydrogen-bond donors (Lipinski definition) is 1. The Morgan fingerprint density at radius 1 is 1.50 bits per heavy atom. The molecule has 0 fully saturated rings. The summed E-state index contributed by atoms with van der Waals surface area (Å²) in [5.41, 5.74) is 2.46. The van der Waals surface area contributed by atoms with Gasteiger partial charge in [-0.2, -0.15) is 0 Å². The molecule has 0 aliphatic heterocycles. The zero-order valence-electron chi connectivity index (χ0n) is 10.8. The second-order valence-electron chi connectivity index (χ2n) is 4.63. The number of pyridine rings is 1. The molecule has 0 saturated heterocycles. The van der Waals surface area contributed by atoms with Gasteiger partial charge < -0.3 is 10.2 Å². The monoisotopic (exact) mass is 221 g/mol. The lowest BCUT2D eigenvalue weighted by Crippen LogP contribution is -2.29. The Labute approximate surface area is 98.9 Å². The Bertz CT molecular complexity index is 312. The summed E-state index contributed by atoms with van der Waals surface area (Å²) in [4.78, 5) is 6.74. The first-order valence-corrected chi connectivity index (χ1v) is 5.87. The van der Waals surface area contributed by atoms with E-state index in [1.165, 1.54) is 11.3 Å². The van der Waals surface area contributed by atoms with E-state index in [2.05, 4.69) is 42.2 Å². The summed E-state index contributed by atoms with van der Waals surface area (Å²) in [5.74, 6) is 0.666. The van der Waals surface area contributed by atoms with Crippen LogP contribution in [0, 0.1) is 12.8 Å². The highest BCUT2D eigenvalue weighted by atomic mass is 15.1. The minimum Gasteiger partial charge on any atom is -0.319 e. The Balaban J connectivity index is 2.45. The Morgan fingerprint density at radius 3 is 2.88 bits per heavy atom. The van der Waals surface area contributed by atoms with Gasteiger partial charge in [0, 0.05) is 19.3 Å². The standard InChI is InChI=1S/C13H23N3/c1-11(8-14-3)9-16(4)10-13-12(2)6-5-7-15-13/h5-7,11,14H,8-10H2,1-4H3. The molecule has 1 N–H and O–H groups in total. The second kappa shape index (κ2) is 6.61. The average Bonchev–Trinajstić information content (AvgIpc) is 2.21. The lowest BCUT2D eigenvalue weighted by Gasteiger charge is -2.21. The van der Waals surface area contributed by atoms with Crippen molar-refractivity contribution in [2.75, 3.05) is 27.2 Å². The van der Waals surface area contributed by atoms with Gasteiger partial charge >= 0.3 is 0 Å². The molecule has 1 heterocycles. The van der Waals surface area contributed by atoms with Crippen LogP contribution in [0.1, 0.15) is 18.2 Å². The Hall–Kier alpha value is -0.930. The molecular weight excluding hydrogens is 198 g/mol. The highest BCUT2D eigenvalue weighted by Gasteiger charge is 2.07. The third-order valence-electron chi connectivity index (χ3n) is 2.71. The van der Waals surface area contributed by atoms with Crippen LogP contribution in [-0.4, -0.2) is 37.1 Å². The molecule has 0 saturated carbocycles. The lowest BCUT2D eigenvalue weighted by molar-refractivity contribution is 0.273. The molecule has 16 heavy (non-hydrogen) atoms. The van der Waals surface area contributed by atoms with E-state index < -0.39 is 0 Å². The molecule has 1 rings (SSSR count). The van der Waals surface area contributed by atoms with Crippen LogP contribution in [0.5, 0.6) is 0 Å². The fraction of sp³-hybridized carbons (Fsp3) is 0.615. The van der Waals surface area contributed by atoms with Crippen molar-refractivity contribution < 1.29 is 0 Å². The van der Waals surface area contributed by atoms with Gasteiger partial charge in [0.05, 0.1) is 5.69 Å². The summed E-state index contributed by atoms with van der Waals surface area (Å²) in [6.07, 6.45) is 1.87. The van der Waals surface area contributed by atoms with Gasteiger partial charge in [-0.3, -0.25) is 4.98 Å². The molecule has 0 bridgehead atoms. The van der Waals surface area contributed by atoms with Crippen LogP contribution in [0.4, 0.5) is 0 Å². The highest BCUT2D eigenvalue weighted by Crippen LogP contribution is 2.07. The molecule has 0 aromatic carbocycles. The zero-order chi connectivity index (χ0) is 12.0. The van der Waals surface area contributed by atoms with Crippen LogP contribution in [0.15, 0.2) is 18.3 Å². The van der Waals surface area contributed by atoms with E-state index in [-0.39, 0.29) is 0 Å². The molecular formula is C13H23N3. The molecule has 0 aliphatic carbocycles. The number of aromatic nitrogens is 1. The smallest absolute Gasteiger partial charge is 0.0572 e. The summed E-state index contributed by atoms with van der Waals surface area (Å²) in [7, 11) is 4.15. The van der Waals surface area contributed by atoms with Crippen LogP contribution in [0.3, 0.4) is 0 Å². The topological polar surface area (TPSA) is 28.2 Å². The molecule has 0 spiro atoms. The molecule has 1 unspecified atom stereocenters. The van der Waals surface area contributed by atoms with Crippen LogP contribution in [-0.2, 0) is 6.54 Å². The van der Waals surface area contributed by atoms with Gasteiger partial charge in [-0.05, 0) is 45.1 Å². The number of nitrogens with zero attached hydrogens (tertiary/aromatic N) is 2. The van der Waals surface area contributed by atoms with Gasteiger partial charge in [-0.1, -0.05) is 13.0 Å². The van der Waals surface area contributed by atoms with Crippen molar-refractivity contribution in [1.29, 1.82) is 0 Å². The minimum atomic E-state index is 0.666. The third-order valence-corrected chi connectivity index (χ3v) is 2.71. The second-order valence-corrected chi connectivity index (χ2v) is 4.63. The third kappa shape index (κ3) is 4.29. The maximum absolute atomic E-state index is 4.41. The van der Waals surface area contributed by atoms with Crippen molar-refractivity contribution in [2.24, 2.45) is 5.92 Å². The van der Waals surface area contributed by atoms with E-state index in [0.717, 1.165) is 19.6 Å². The average molecular weight is 221 g/mol. The van der Waals surface area contributed by atoms with E-state index in [1.54, 1.807) is 0 Å². The van der Waals surface area contributed by atoms with Crippen molar-refractivity contribution in [3.8, 4) is 0 Å². The van der Waals surface area contributed by atoms with Crippen molar-refractivity contribution in [1.82, 2.24) is 15.2 Å². The van der Waals surface area contributed by atoms with Gasteiger partial charge in [0.2, 0.25) is 0 Å². The first-order valence-electron chi connectivity index (χ1n) is 5.87. The quantitative estimate of drug-likeness (QED) is 0.792. The van der Waals surface area contributed by atoms with E-state index >= 15 is 0 Å². The maximum Gasteiger partial charge on any atom is 0.0572 e. The molecule has 1 atom stereocenters. The predicted octanol–water partition coefficient (Wildman–Crippen LogP) is 1.68.